The molecule has 4 heteroatoms. The highest BCUT2D eigenvalue weighted by atomic mass is 32.2. The third-order valence-electron chi connectivity index (χ3n) is 2.81. The monoisotopic (exact) mass is 219 g/mol. The van der Waals surface area contributed by atoms with Crippen molar-refractivity contribution in [2.75, 3.05) is 5.75 Å². The molecule has 0 aromatic carbocycles. The lowest BCUT2D eigenvalue weighted by molar-refractivity contribution is 0.657. The van der Waals surface area contributed by atoms with Gasteiger partial charge in [-0.3, -0.25) is 4.40 Å². The average Bonchev–Trinajstić information content (AvgIpc) is 2.74. The van der Waals surface area contributed by atoms with Crippen LogP contribution in [0.4, 0.5) is 0 Å². The van der Waals surface area contributed by atoms with Gasteiger partial charge in [-0.2, -0.15) is 11.8 Å². The van der Waals surface area contributed by atoms with Crippen molar-refractivity contribution in [1.29, 1.82) is 0 Å². The van der Waals surface area contributed by atoms with Gasteiger partial charge < -0.3 is 0 Å². The van der Waals surface area contributed by atoms with E-state index in [0.717, 1.165) is 11.5 Å². The fourth-order valence-corrected chi connectivity index (χ4v) is 3.32. The van der Waals surface area contributed by atoms with Crippen molar-refractivity contribution in [3.8, 4) is 0 Å². The summed E-state index contributed by atoms with van der Waals surface area (Å²) in [6.45, 7) is 0. The summed E-state index contributed by atoms with van der Waals surface area (Å²) in [4.78, 5) is 0. The number of fused-ring (bicyclic) bond motifs is 1. The molecular formula is C11H13N3S. The summed E-state index contributed by atoms with van der Waals surface area (Å²) in [6.07, 6.45) is 5.96. The highest BCUT2D eigenvalue weighted by Gasteiger charge is 2.20. The molecule has 1 aliphatic rings. The molecule has 1 aliphatic heterocycles. The summed E-state index contributed by atoms with van der Waals surface area (Å²) >= 11 is 2.01. The van der Waals surface area contributed by atoms with E-state index in [1.807, 2.05) is 30.0 Å². The number of hydrogen-bond donors (Lipinski definition) is 0. The van der Waals surface area contributed by atoms with E-state index in [1.54, 1.807) is 0 Å². The fourth-order valence-electron chi connectivity index (χ4n) is 2.02. The summed E-state index contributed by atoms with van der Waals surface area (Å²) in [5, 5.41) is 9.04. The third kappa shape index (κ3) is 1.63. The molecule has 0 bridgehead atoms. The van der Waals surface area contributed by atoms with Crippen LogP contribution in [0.25, 0.3) is 5.65 Å². The summed E-state index contributed by atoms with van der Waals surface area (Å²) < 4.78 is 2.11. The van der Waals surface area contributed by atoms with Crippen molar-refractivity contribution in [3.63, 3.8) is 0 Å². The number of hydrogen-bond acceptors (Lipinski definition) is 3. The summed E-state index contributed by atoms with van der Waals surface area (Å²) in [5.74, 6) is 2.38. The van der Waals surface area contributed by atoms with Gasteiger partial charge in [0.15, 0.2) is 11.5 Å². The largest absolute Gasteiger partial charge is 0.285 e. The van der Waals surface area contributed by atoms with Gasteiger partial charge in [-0.25, -0.2) is 0 Å². The Balaban J connectivity index is 2.02. The van der Waals surface area contributed by atoms with Crippen LogP contribution < -0.4 is 0 Å². The molecule has 15 heavy (non-hydrogen) atoms. The van der Waals surface area contributed by atoms with Gasteiger partial charge >= 0.3 is 0 Å². The molecule has 1 atom stereocenters. The zero-order valence-electron chi connectivity index (χ0n) is 8.47. The lowest BCUT2D eigenvalue weighted by atomic mass is 10.2. The third-order valence-corrected chi connectivity index (χ3v) is 4.18. The first-order valence-electron chi connectivity index (χ1n) is 5.36. The standard InChI is InChI=1S/C11H13N3S/c1-3-7-14-10(6-1)12-13-11(14)9-5-2-4-8-15-9/h1,3,6-7,9H,2,4-5,8H2. The van der Waals surface area contributed by atoms with Gasteiger partial charge in [0.25, 0.3) is 0 Å². The second kappa shape index (κ2) is 3.85. The van der Waals surface area contributed by atoms with Gasteiger partial charge in [0.2, 0.25) is 0 Å². The van der Waals surface area contributed by atoms with Gasteiger partial charge in [-0.1, -0.05) is 12.5 Å². The molecule has 0 N–H and O–H groups in total. The number of nitrogens with zero attached hydrogens (tertiary/aromatic N) is 3. The Morgan fingerprint density at radius 1 is 1.27 bits per heavy atom. The maximum Gasteiger partial charge on any atom is 0.160 e. The Bertz CT molecular complexity index is 460. The number of aromatic nitrogens is 3. The van der Waals surface area contributed by atoms with Crippen molar-refractivity contribution in [1.82, 2.24) is 14.6 Å². The molecule has 0 spiro atoms. The van der Waals surface area contributed by atoms with Crippen LogP contribution in [0.2, 0.25) is 0 Å². The number of thioether (sulfide) groups is 1. The molecule has 0 aliphatic carbocycles. The first kappa shape index (κ1) is 9.21. The summed E-state index contributed by atoms with van der Waals surface area (Å²) in [6, 6.07) is 6.04. The van der Waals surface area contributed by atoms with Crippen molar-refractivity contribution in [3.05, 3.63) is 30.2 Å². The molecule has 0 radical (unpaired) electrons. The Hall–Kier alpha value is -1.03. The van der Waals surface area contributed by atoms with Gasteiger partial charge in [-0.05, 0) is 30.7 Å². The van der Waals surface area contributed by atoms with E-state index in [2.05, 4.69) is 20.8 Å². The minimum absolute atomic E-state index is 0.538. The predicted molar refractivity (Wildman–Crippen MR) is 62.0 cm³/mol. The van der Waals surface area contributed by atoms with Crippen molar-refractivity contribution >= 4 is 17.4 Å². The maximum atomic E-state index is 4.31. The minimum atomic E-state index is 0.538. The van der Waals surface area contributed by atoms with E-state index in [0.29, 0.717) is 5.25 Å². The molecule has 1 fully saturated rings. The van der Waals surface area contributed by atoms with Gasteiger partial charge in [-0.15, -0.1) is 10.2 Å². The zero-order chi connectivity index (χ0) is 10.1. The quantitative estimate of drug-likeness (QED) is 0.738. The van der Waals surface area contributed by atoms with E-state index in [9.17, 15) is 0 Å². The zero-order valence-corrected chi connectivity index (χ0v) is 9.28. The highest BCUT2D eigenvalue weighted by molar-refractivity contribution is 7.99. The Kier molecular flexibility index (Phi) is 2.37. The molecule has 2 aromatic heterocycles. The molecule has 1 unspecified atom stereocenters. The van der Waals surface area contributed by atoms with E-state index in [-0.39, 0.29) is 0 Å². The molecule has 3 heterocycles. The lowest BCUT2D eigenvalue weighted by Crippen LogP contribution is -2.06. The van der Waals surface area contributed by atoms with E-state index in [4.69, 9.17) is 0 Å². The first-order valence-corrected chi connectivity index (χ1v) is 6.41. The van der Waals surface area contributed by atoms with Crippen LogP contribution in [0.3, 0.4) is 0 Å². The highest BCUT2D eigenvalue weighted by Crippen LogP contribution is 2.37. The van der Waals surface area contributed by atoms with Gasteiger partial charge in [0, 0.05) is 6.20 Å². The normalized spacial score (nSPS) is 22.0. The second-order valence-corrected chi connectivity index (χ2v) is 5.15. The van der Waals surface area contributed by atoms with Crippen LogP contribution in [0, 0.1) is 0 Å². The Morgan fingerprint density at radius 3 is 3.13 bits per heavy atom. The van der Waals surface area contributed by atoms with Gasteiger partial charge in [0.05, 0.1) is 5.25 Å². The van der Waals surface area contributed by atoms with E-state index < -0.39 is 0 Å². The average molecular weight is 219 g/mol. The van der Waals surface area contributed by atoms with Gasteiger partial charge in [0.1, 0.15) is 0 Å². The Labute approximate surface area is 92.9 Å². The smallest absolute Gasteiger partial charge is 0.160 e. The minimum Gasteiger partial charge on any atom is -0.285 e. The molecule has 1 saturated heterocycles. The van der Waals surface area contributed by atoms with Crippen LogP contribution in [0.1, 0.15) is 30.3 Å². The molecule has 0 amide bonds. The Morgan fingerprint density at radius 2 is 2.27 bits per heavy atom. The number of pyridine rings is 1. The SMILES string of the molecule is c1ccn2c(C3CCCCS3)nnc2c1. The van der Waals surface area contributed by atoms with Crippen LogP contribution in [-0.2, 0) is 0 Å². The van der Waals surface area contributed by atoms with Crippen molar-refractivity contribution in [2.24, 2.45) is 0 Å². The van der Waals surface area contributed by atoms with Crippen LogP contribution in [-0.4, -0.2) is 20.4 Å². The molecule has 0 saturated carbocycles. The first-order chi connectivity index (χ1) is 7.45. The fraction of sp³-hybridized carbons (Fsp3) is 0.455. The number of rotatable bonds is 1. The summed E-state index contributed by atoms with van der Waals surface area (Å²) in [7, 11) is 0. The van der Waals surface area contributed by atoms with E-state index >= 15 is 0 Å². The topological polar surface area (TPSA) is 30.2 Å². The van der Waals surface area contributed by atoms with Crippen molar-refractivity contribution < 1.29 is 0 Å². The molecule has 78 valence electrons. The molecular weight excluding hydrogens is 206 g/mol. The molecule has 2 aromatic rings. The predicted octanol–water partition coefficient (Wildman–Crippen LogP) is 2.69. The van der Waals surface area contributed by atoms with E-state index in [1.165, 1.54) is 25.0 Å². The van der Waals surface area contributed by atoms with Crippen LogP contribution in [0.5, 0.6) is 0 Å². The van der Waals surface area contributed by atoms with Crippen LogP contribution >= 0.6 is 11.8 Å². The second-order valence-electron chi connectivity index (χ2n) is 3.84. The molecule has 3 rings (SSSR count). The summed E-state index contributed by atoms with van der Waals surface area (Å²) in [5.41, 5.74) is 0.957. The van der Waals surface area contributed by atoms with Crippen LogP contribution in [0.15, 0.2) is 24.4 Å². The molecule has 3 nitrogen and oxygen atoms in total. The maximum absolute atomic E-state index is 4.31. The lowest BCUT2D eigenvalue weighted by Gasteiger charge is -2.19. The van der Waals surface area contributed by atoms with Crippen molar-refractivity contribution in [2.45, 2.75) is 24.5 Å².